The summed E-state index contributed by atoms with van der Waals surface area (Å²) in [5.74, 6) is 0. The van der Waals surface area contributed by atoms with E-state index in [9.17, 15) is 0 Å². The van der Waals surface area contributed by atoms with Crippen LogP contribution in [0.3, 0.4) is 0 Å². The van der Waals surface area contributed by atoms with Crippen LogP contribution in [0.4, 0.5) is 0 Å². The Bertz CT molecular complexity index is 271. The first-order valence-corrected chi connectivity index (χ1v) is 5.43. The van der Waals surface area contributed by atoms with Gasteiger partial charge in [-0.2, -0.15) is 0 Å². The molecule has 0 aromatic heterocycles. The smallest absolute Gasteiger partial charge is 0.0204 e. The van der Waals surface area contributed by atoms with E-state index in [4.69, 9.17) is 0 Å². The largest absolute Gasteiger partial charge is 0.320 e. The van der Waals surface area contributed by atoms with E-state index in [0.717, 1.165) is 13.0 Å². The van der Waals surface area contributed by atoms with Gasteiger partial charge in [-0.1, -0.05) is 28.1 Å². The standard InChI is InChI=1S/C11H16BrN/c1-9-8-10(4-3-7-13-2)5-6-11(9)12/h5-6,8,13H,3-4,7H2,1-2H3. The monoisotopic (exact) mass is 241 g/mol. The van der Waals surface area contributed by atoms with E-state index in [0.29, 0.717) is 0 Å². The molecular weight excluding hydrogens is 226 g/mol. The molecule has 0 spiro atoms. The van der Waals surface area contributed by atoms with Crippen LogP contribution < -0.4 is 5.32 Å². The maximum atomic E-state index is 3.50. The molecule has 1 N–H and O–H groups in total. The van der Waals surface area contributed by atoms with Crippen molar-refractivity contribution in [3.8, 4) is 0 Å². The van der Waals surface area contributed by atoms with Crippen molar-refractivity contribution in [2.75, 3.05) is 13.6 Å². The number of halogens is 1. The van der Waals surface area contributed by atoms with Crippen molar-refractivity contribution in [1.82, 2.24) is 5.32 Å². The van der Waals surface area contributed by atoms with Gasteiger partial charge < -0.3 is 5.32 Å². The molecule has 1 rings (SSSR count). The number of benzene rings is 1. The lowest BCUT2D eigenvalue weighted by atomic mass is 10.1. The van der Waals surface area contributed by atoms with E-state index in [-0.39, 0.29) is 0 Å². The molecule has 0 saturated carbocycles. The van der Waals surface area contributed by atoms with E-state index in [2.05, 4.69) is 46.4 Å². The minimum atomic E-state index is 1.09. The highest BCUT2D eigenvalue weighted by Gasteiger charge is 1.96. The van der Waals surface area contributed by atoms with Crippen LogP contribution in [-0.2, 0) is 6.42 Å². The molecule has 0 atom stereocenters. The van der Waals surface area contributed by atoms with Crippen LogP contribution >= 0.6 is 15.9 Å². The molecule has 1 aromatic carbocycles. The average molecular weight is 242 g/mol. The van der Waals surface area contributed by atoms with E-state index < -0.39 is 0 Å². The third kappa shape index (κ3) is 3.49. The zero-order valence-electron chi connectivity index (χ0n) is 8.23. The molecule has 1 aromatic rings. The maximum absolute atomic E-state index is 3.50. The van der Waals surface area contributed by atoms with Crippen molar-refractivity contribution in [3.63, 3.8) is 0 Å². The number of hydrogen-bond donors (Lipinski definition) is 1. The van der Waals surface area contributed by atoms with Gasteiger partial charge in [-0.05, 0) is 50.6 Å². The zero-order chi connectivity index (χ0) is 9.68. The SMILES string of the molecule is CNCCCc1ccc(Br)c(C)c1. The first kappa shape index (κ1) is 10.7. The molecule has 0 fully saturated rings. The lowest BCUT2D eigenvalue weighted by molar-refractivity contribution is 0.724. The van der Waals surface area contributed by atoms with Crippen molar-refractivity contribution in [2.45, 2.75) is 19.8 Å². The van der Waals surface area contributed by atoms with Crippen LogP contribution in [0, 0.1) is 6.92 Å². The summed E-state index contributed by atoms with van der Waals surface area (Å²) in [6.07, 6.45) is 2.37. The number of nitrogens with one attached hydrogen (secondary N) is 1. The minimum absolute atomic E-state index is 1.09. The Labute approximate surface area is 88.7 Å². The van der Waals surface area contributed by atoms with Gasteiger partial charge in [0.2, 0.25) is 0 Å². The summed E-state index contributed by atoms with van der Waals surface area (Å²) in [4.78, 5) is 0. The van der Waals surface area contributed by atoms with Crippen molar-refractivity contribution in [3.05, 3.63) is 33.8 Å². The summed E-state index contributed by atoms with van der Waals surface area (Å²) in [6.45, 7) is 3.22. The summed E-state index contributed by atoms with van der Waals surface area (Å²) in [5.41, 5.74) is 2.75. The molecule has 0 amide bonds. The van der Waals surface area contributed by atoms with Gasteiger partial charge in [0.1, 0.15) is 0 Å². The number of aryl methyl sites for hydroxylation is 2. The lowest BCUT2D eigenvalue weighted by Crippen LogP contribution is -2.08. The minimum Gasteiger partial charge on any atom is -0.320 e. The molecule has 72 valence electrons. The van der Waals surface area contributed by atoms with Crippen LogP contribution in [-0.4, -0.2) is 13.6 Å². The molecule has 0 aliphatic heterocycles. The third-order valence-corrected chi connectivity index (χ3v) is 3.00. The molecule has 0 heterocycles. The number of rotatable bonds is 4. The fourth-order valence-electron chi connectivity index (χ4n) is 1.33. The summed E-state index contributed by atoms with van der Waals surface area (Å²) >= 11 is 3.50. The molecule has 0 saturated heterocycles. The first-order valence-electron chi connectivity index (χ1n) is 4.63. The molecule has 0 aliphatic carbocycles. The van der Waals surface area contributed by atoms with Gasteiger partial charge in [-0.25, -0.2) is 0 Å². The Morgan fingerprint density at radius 2 is 2.15 bits per heavy atom. The van der Waals surface area contributed by atoms with Gasteiger partial charge in [0.25, 0.3) is 0 Å². The lowest BCUT2D eigenvalue weighted by Gasteiger charge is -2.03. The Morgan fingerprint density at radius 3 is 2.77 bits per heavy atom. The van der Waals surface area contributed by atoms with Gasteiger partial charge in [0, 0.05) is 4.47 Å². The molecule has 0 aliphatic rings. The van der Waals surface area contributed by atoms with Crippen LogP contribution in [0.5, 0.6) is 0 Å². The van der Waals surface area contributed by atoms with E-state index >= 15 is 0 Å². The van der Waals surface area contributed by atoms with Crippen molar-refractivity contribution in [2.24, 2.45) is 0 Å². The van der Waals surface area contributed by atoms with Crippen molar-refractivity contribution < 1.29 is 0 Å². The topological polar surface area (TPSA) is 12.0 Å². The Morgan fingerprint density at radius 1 is 1.38 bits per heavy atom. The van der Waals surface area contributed by atoms with E-state index in [1.165, 1.54) is 22.0 Å². The molecular formula is C11H16BrN. The van der Waals surface area contributed by atoms with Gasteiger partial charge in [-0.3, -0.25) is 0 Å². The fourth-order valence-corrected chi connectivity index (χ4v) is 1.58. The summed E-state index contributed by atoms with van der Waals surface area (Å²) in [7, 11) is 1.99. The second-order valence-corrected chi connectivity index (χ2v) is 4.14. The fraction of sp³-hybridized carbons (Fsp3) is 0.455. The predicted molar refractivity (Wildman–Crippen MR) is 61.1 cm³/mol. The summed E-state index contributed by atoms with van der Waals surface area (Å²) in [5, 5.41) is 3.15. The molecule has 0 unspecified atom stereocenters. The Balaban J connectivity index is 2.53. The molecule has 0 radical (unpaired) electrons. The van der Waals surface area contributed by atoms with E-state index in [1.54, 1.807) is 0 Å². The van der Waals surface area contributed by atoms with Gasteiger partial charge >= 0.3 is 0 Å². The second-order valence-electron chi connectivity index (χ2n) is 3.29. The van der Waals surface area contributed by atoms with Crippen LogP contribution in [0.2, 0.25) is 0 Å². The molecule has 1 nitrogen and oxygen atoms in total. The molecule has 0 bridgehead atoms. The molecule has 13 heavy (non-hydrogen) atoms. The van der Waals surface area contributed by atoms with Crippen LogP contribution in [0.1, 0.15) is 17.5 Å². The zero-order valence-corrected chi connectivity index (χ0v) is 9.82. The first-order chi connectivity index (χ1) is 6.24. The second kappa shape index (κ2) is 5.40. The van der Waals surface area contributed by atoms with Gasteiger partial charge in [-0.15, -0.1) is 0 Å². The summed E-state index contributed by atoms with van der Waals surface area (Å²) < 4.78 is 1.20. The van der Waals surface area contributed by atoms with Crippen molar-refractivity contribution in [1.29, 1.82) is 0 Å². The average Bonchev–Trinajstić information content (AvgIpc) is 2.12. The van der Waals surface area contributed by atoms with Crippen molar-refractivity contribution >= 4 is 15.9 Å². The number of hydrogen-bond acceptors (Lipinski definition) is 1. The Kier molecular flexibility index (Phi) is 4.46. The Hall–Kier alpha value is -0.340. The quantitative estimate of drug-likeness (QED) is 0.800. The molecule has 2 heteroatoms. The normalized spacial score (nSPS) is 10.4. The summed E-state index contributed by atoms with van der Waals surface area (Å²) in [6, 6.07) is 6.57. The highest BCUT2D eigenvalue weighted by atomic mass is 79.9. The van der Waals surface area contributed by atoms with E-state index in [1.807, 2.05) is 7.05 Å². The maximum Gasteiger partial charge on any atom is 0.0204 e. The predicted octanol–water partition coefficient (Wildman–Crippen LogP) is 2.91. The van der Waals surface area contributed by atoms with Crippen LogP contribution in [0.25, 0.3) is 0 Å². The highest BCUT2D eigenvalue weighted by Crippen LogP contribution is 2.17. The van der Waals surface area contributed by atoms with Gasteiger partial charge in [0.15, 0.2) is 0 Å². The van der Waals surface area contributed by atoms with Gasteiger partial charge in [0.05, 0.1) is 0 Å². The third-order valence-electron chi connectivity index (χ3n) is 2.11. The highest BCUT2D eigenvalue weighted by molar-refractivity contribution is 9.10. The van der Waals surface area contributed by atoms with Crippen LogP contribution in [0.15, 0.2) is 22.7 Å².